The van der Waals surface area contributed by atoms with Crippen LogP contribution < -0.4 is 5.32 Å². The second-order valence-electron chi connectivity index (χ2n) is 6.89. The van der Waals surface area contributed by atoms with Crippen LogP contribution in [0.2, 0.25) is 10.0 Å². The predicted octanol–water partition coefficient (Wildman–Crippen LogP) is 6.07. The molecule has 4 rings (SSSR count). The van der Waals surface area contributed by atoms with Crippen molar-refractivity contribution in [1.82, 2.24) is 25.0 Å². The third kappa shape index (κ3) is 5.89. The summed E-state index contributed by atoms with van der Waals surface area (Å²) in [4.78, 5) is 21.2. The van der Waals surface area contributed by atoms with Crippen LogP contribution in [0.15, 0.2) is 60.0 Å². The van der Waals surface area contributed by atoms with Gasteiger partial charge in [0, 0.05) is 33.9 Å². The van der Waals surface area contributed by atoms with Crippen molar-refractivity contribution >= 4 is 46.6 Å². The molecule has 0 saturated heterocycles. The number of amides is 1. The smallest absolute Gasteiger partial charge is 0.321 e. The van der Waals surface area contributed by atoms with Gasteiger partial charge in [0.15, 0.2) is 10.9 Å². The number of carbonyl (C=O) groups is 1. The van der Waals surface area contributed by atoms with Crippen LogP contribution in [-0.2, 0) is 11.9 Å². The predicted molar refractivity (Wildman–Crippen MR) is 122 cm³/mol. The highest BCUT2D eigenvalue weighted by atomic mass is 35.5. The van der Waals surface area contributed by atoms with Crippen molar-refractivity contribution in [2.75, 3.05) is 5.32 Å². The van der Waals surface area contributed by atoms with Crippen LogP contribution in [0, 0.1) is 5.82 Å². The Morgan fingerprint density at radius 1 is 1.06 bits per heavy atom. The van der Waals surface area contributed by atoms with E-state index in [1.165, 1.54) is 22.5 Å². The first-order valence-electron chi connectivity index (χ1n) is 9.61. The monoisotopic (exact) mass is 542 g/mol. The Morgan fingerprint density at radius 2 is 1.74 bits per heavy atom. The molecule has 4 aromatic rings. The molecule has 0 radical (unpaired) electrons. The Balaban J connectivity index is 1.69. The van der Waals surface area contributed by atoms with Gasteiger partial charge in [-0.3, -0.25) is 4.79 Å². The van der Waals surface area contributed by atoms with E-state index in [0.29, 0.717) is 33.0 Å². The van der Waals surface area contributed by atoms with Gasteiger partial charge in [-0.1, -0.05) is 40.2 Å². The van der Waals surface area contributed by atoms with Gasteiger partial charge in [-0.25, -0.2) is 19.0 Å². The third-order valence-corrected chi connectivity index (χ3v) is 5.80. The number of benzene rings is 2. The number of alkyl halides is 3. The lowest BCUT2D eigenvalue weighted by atomic mass is 10.1. The molecule has 1 N–H and O–H groups in total. The standard InChI is InChI=1S/C21H12Cl2F4N6OS/c22-11-6-12(23)8-14(7-11)33-17(10-35-20-28-4-1-5-29-20)18(31-32-33)19(34)30-13-2-3-16(24)15(9-13)21(25,26)27/h1-9H,10H2,(H,30,34). The number of hydrogen-bond acceptors (Lipinski definition) is 6. The average Bonchev–Trinajstić information content (AvgIpc) is 3.22. The number of rotatable bonds is 6. The summed E-state index contributed by atoms with van der Waals surface area (Å²) in [5.74, 6) is -2.20. The average molecular weight is 543 g/mol. The molecule has 2 heterocycles. The van der Waals surface area contributed by atoms with Gasteiger partial charge in [-0.15, -0.1) is 5.10 Å². The minimum atomic E-state index is -4.93. The van der Waals surface area contributed by atoms with E-state index in [2.05, 4.69) is 25.6 Å². The zero-order chi connectivity index (χ0) is 25.2. The van der Waals surface area contributed by atoms with E-state index in [0.717, 1.165) is 6.07 Å². The zero-order valence-corrected chi connectivity index (χ0v) is 19.6. The molecule has 14 heteroatoms. The molecule has 0 saturated carbocycles. The number of hydrogen-bond donors (Lipinski definition) is 1. The Hall–Kier alpha value is -3.22. The summed E-state index contributed by atoms with van der Waals surface area (Å²) < 4.78 is 54.1. The second-order valence-corrected chi connectivity index (χ2v) is 8.71. The Morgan fingerprint density at radius 3 is 2.40 bits per heavy atom. The molecule has 0 spiro atoms. The second kappa shape index (κ2) is 10.2. The highest BCUT2D eigenvalue weighted by Crippen LogP contribution is 2.33. The van der Waals surface area contributed by atoms with Crippen molar-refractivity contribution in [3.63, 3.8) is 0 Å². The molecule has 1 amide bonds. The van der Waals surface area contributed by atoms with Gasteiger partial charge >= 0.3 is 6.18 Å². The minimum Gasteiger partial charge on any atom is -0.321 e. The fourth-order valence-electron chi connectivity index (χ4n) is 2.98. The fourth-order valence-corrected chi connectivity index (χ4v) is 4.29. The van der Waals surface area contributed by atoms with Crippen LogP contribution in [0.25, 0.3) is 5.69 Å². The largest absolute Gasteiger partial charge is 0.419 e. The number of nitrogens with zero attached hydrogens (tertiary/aromatic N) is 5. The summed E-state index contributed by atoms with van der Waals surface area (Å²) in [6, 6.07) is 8.37. The van der Waals surface area contributed by atoms with Gasteiger partial charge in [-0.05, 0) is 42.5 Å². The first-order valence-corrected chi connectivity index (χ1v) is 11.3. The van der Waals surface area contributed by atoms with Gasteiger partial charge in [0.25, 0.3) is 5.91 Å². The summed E-state index contributed by atoms with van der Waals surface area (Å²) in [6.07, 6.45) is -1.85. The maximum absolute atomic E-state index is 13.6. The molecular formula is C21H12Cl2F4N6OS. The van der Waals surface area contributed by atoms with E-state index in [1.54, 1.807) is 30.6 Å². The third-order valence-electron chi connectivity index (χ3n) is 4.48. The number of aromatic nitrogens is 5. The lowest BCUT2D eigenvalue weighted by molar-refractivity contribution is -0.139. The summed E-state index contributed by atoms with van der Waals surface area (Å²) in [7, 11) is 0. The van der Waals surface area contributed by atoms with Crippen LogP contribution >= 0.6 is 35.0 Å². The Labute approximate surface area is 209 Å². The molecule has 2 aromatic carbocycles. The summed E-state index contributed by atoms with van der Waals surface area (Å²) >= 11 is 13.4. The van der Waals surface area contributed by atoms with Crippen LogP contribution in [-0.4, -0.2) is 30.9 Å². The Bertz CT molecular complexity index is 1360. The SMILES string of the molecule is O=C(Nc1ccc(F)c(C(F)(F)F)c1)c1nnn(-c2cc(Cl)cc(Cl)c2)c1CSc1ncccn1. The van der Waals surface area contributed by atoms with Gasteiger partial charge in [0.05, 0.1) is 16.9 Å². The van der Waals surface area contributed by atoms with E-state index in [4.69, 9.17) is 23.2 Å². The van der Waals surface area contributed by atoms with E-state index in [9.17, 15) is 22.4 Å². The molecular weight excluding hydrogens is 531 g/mol. The lowest BCUT2D eigenvalue weighted by Gasteiger charge is -2.11. The number of nitrogens with one attached hydrogen (secondary N) is 1. The molecule has 0 bridgehead atoms. The first-order chi connectivity index (χ1) is 16.6. The van der Waals surface area contributed by atoms with Gasteiger partial charge in [0.2, 0.25) is 0 Å². The van der Waals surface area contributed by atoms with Crippen molar-refractivity contribution in [2.24, 2.45) is 0 Å². The normalized spacial score (nSPS) is 11.5. The molecule has 0 aliphatic rings. The summed E-state index contributed by atoms with van der Waals surface area (Å²) in [5, 5.41) is 11.3. The molecule has 0 atom stereocenters. The molecule has 2 aromatic heterocycles. The van der Waals surface area contributed by atoms with E-state index < -0.39 is 23.5 Å². The maximum atomic E-state index is 13.6. The molecule has 35 heavy (non-hydrogen) atoms. The zero-order valence-electron chi connectivity index (χ0n) is 17.2. The molecule has 0 unspecified atom stereocenters. The summed E-state index contributed by atoms with van der Waals surface area (Å²) in [6.45, 7) is 0. The summed E-state index contributed by atoms with van der Waals surface area (Å²) in [5.41, 5.74) is -1.28. The molecule has 0 aliphatic heterocycles. The number of thioether (sulfide) groups is 1. The minimum absolute atomic E-state index is 0.112. The van der Waals surface area contributed by atoms with Crippen molar-refractivity contribution in [3.8, 4) is 5.69 Å². The Kier molecular flexibility index (Phi) is 7.24. The fraction of sp³-hybridized carbons (Fsp3) is 0.0952. The van der Waals surface area contributed by atoms with Crippen LogP contribution in [0.1, 0.15) is 21.7 Å². The first kappa shape index (κ1) is 24.9. The van der Waals surface area contributed by atoms with Crippen molar-refractivity contribution < 1.29 is 22.4 Å². The topological polar surface area (TPSA) is 85.6 Å². The number of anilines is 1. The molecule has 7 nitrogen and oxygen atoms in total. The number of halogens is 6. The van der Waals surface area contributed by atoms with Crippen molar-refractivity contribution in [1.29, 1.82) is 0 Å². The van der Waals surface area contributed by atoms with Crippen LogP contribution in [0.4, 0.5) is 23.2 Å². The lowest BCUT2D eigenvalue weighted by Crippen LogP contribution is -2.16. The maximum Gasteiger partial charge on any atom is 0.419 e. The highest BCUT2D eigenvalue weighted by Gasteiger charge is 2.34. The number of carbonyl (C=O) groups excluding carboxylic acids is 1. The van der Waals surface area contributed by atoms with Gasteiger partial charge < -0.3 is 5.32 Å². The van der Waals surface area contributed by atoms with Crippen LogP contribution in [0.5, 0.6) is 0 Å². The van der Waals surface area contributed by atoms with E-state index >= 15 is 0 Å². The van der Waals surface area contributed by atoms with E-state index in [1.807, 2.05) is 0 Å². The van der Waals surface area contributed by atoms with Crippen molar-refractivity contribution in [2.45, 2.75) is 17.1 Å². The van der Waals surface area contributed by atoms with Crippen LogP contribution in [0.3, 0.4) is 0 Å². The van der Waals surface area contributed by atoms with Gasteiger partial charge in [0.1, 0.15) is 5.82 Å². The quantitative estimate of drug-likeness (QED) is 0.181. The van der Waals surface area contributed by atoms with Crippen molar-refractivity contribution in [3.05, 3.63) is 87.7 Å². The molecule has 180 valence electrons. The highest BCUT2D eigenvalue weighted by molar-refractivity contribution is 7.98. The van der Waals surface area contributed by atoms with E-state index in [-0.39, 0.29) is 22.8 Å². The molecule has 0 fully saturated rings. The molecule has 0 aliphatic carbocycles. The van der Waals surface area contributed by atoms with Gasteiger partial charge in [-0.2, -0.15) is 13.2 Å².